The number of rotatable bonds is 4. The largest absolute Gasteiger partial charge is 0.335 e. The van der Waals surface area contributed by atoms with Crippen molar-refractivity contribution in [3.05, 3.63) is 18.2 Å². The van der Waals surface area contributed by atoms with E-state index in [1.165, 1.54) is 0 Å². The van der Waals surface area contributed by atoms with Crippen LogP contribution in [-0.2, 0) is 13.0 Å². The number of aromatic nitrogens is 2. The fourth-order valence-electron chi connectivity index (χ4n) is 1.12. The Morgan fingerprint density at radius 1 is 1.64 bits per heavy atom. The molecule has 0 aliphatic rings. The Balaban J connectivity index is 2.54. The summed E-state index contributed by atoms with van der Waals surface area (Å²) in [5.41, 5.74) is 5.40. The number of aryl methyl sites for hydroxylation is 2. The zero-order valence-corrected chi connectivity index (χ0v) is 6.95. The van der Waals surface area contributed by atoms with Crippen LogP contribution in [0.3, 0.4) is 0 Å². The second-order valence-electron chi connectivity index (χ2n) is 2.52. The quantitative estimate of drug-likeness (QED) is 0.695. The van der Waals surface area contributed by atoms with Crippen LogP contribution < -0.4 is 5.73 Å². The highest BCUT2D eigenvalue weighted by Gasteiger charge is 1.98. The van der Waals surface area contributed by atoms with E-state index < -0.39 is 0 Å². The van der Waals surface area contributed by atoms with E-state index in [4.69, 9.17) is 5.73 Å². The number of nitrogens with zero attached hydrogens (tertiary/aromatic N) is 2. The van der Waals surface area contributed by atoms with Crippen molar-refractivity contribution >= 4 is 0 Å². The zero-order chi connectivity index (χ0) is 8.10. The third kappa shape index (κ3) is 2.05. The Labute approximate surface area is 67.2 Å². The normalized spacial score (nSPS) is 10.4. The average molecular weight is 153 g/mol. The van der Waals surface area contributed by atoms with Crippen LogP contribution in [0.15, 0.2) is 12.4 Å². The summed E-state index contributed by atoms with van der Waals surface area (Å²) in [5, 5.41) is 0. The monoisotopic (exact) mass is 153 g/mol. The Morgan fingerprint density at radius 3 is 3.09 bits per heavy atom. The lowest BCUT2D eigenvalue weighted by Crippen LogP contribution is -2.05. The van der Waals surface area contributed by atoms with E-state index >= 15 is 0 Å². The first-order valence-electron chi connectivity index (χ1n) is 4.08. The van der Waals surface area contributed by atoms with Crippen molar-refractivity contribution in [3.63, 3.8) is 0 Å². The van der Waals surface area contributed by atoms with E-state index in [0.29, 0.717) is 0 Å². The lowest BCUT2D eigenvalue weighted by atomic mass is 10.3. The van der Waals surface area contributed by atoms with E-state index in [2.05, 4.69) is 16.5 Å². The standard InChI is InChI=1S/C8H15N3/c1-2-11-7-6-10-8(11)4-3-5-9/h6-7H,2-5,9H2,1H3. The molecule has 3 nitrogen and oxygen atoms in total. The first kappa shape index (κ1) is 8.27. The lowest BCUT2D eigenvalue weighted by molar-refractivity contribution is 0.672. The summed E-state index contributed by atoms with van der Waals surface area (Å²) in [4.78, 5) is 4.23. The SMILES string of the molecule is CCn1ccnc1CCCN. The maximum atomic E-state index is 5.40. The molecule has 0 aliphatic carbocycles. The summed E-state index contributed by atoms with van der Waals surface area (Å²) in [5.74, 6) is 1.15. The fourth-order valence-corrected chi connectivity index (χ4v) is 1.12. The van der Waals surface area contributed by atoms with Crippen LogP contribution in [0.5, 0.6) is 0 Å². The molecule has 1 heterocycles. The fraction of sp³-hybridized carbons (Fsp3) is 0.625. The molecule has 1 aromatic rings. The van der Waals surface area contributed by atoms with E-state index in [9.17, 15) is 0 Å². The summed E-state index contributed by atoms with van der Waals surface area (Å²) in [6.07, 6.45) is 5.87. The van der Waals surface area contributed by atoms with Crippen molar-refractivity contribution in [1.29, 1.82) is 0 Å². The first-order chi connectivity index (χ1) is 5.38. The molecule has 62 valence electrons. The van der Waals surface area contributed by atoms with Gasteiger partial charge in [0.15, 0.2) is 0 Å². The smallest absolute Gasteiger partial charge is 0.108 e. The molecule has 0 aliphatic heterocycles. The summed E-state index contributed by atoms with van der Waals surface area (Å²) >= 11 is 0. The summed E-state index contributed by atoms with van der Waals surface area (Å²) in [6, 6.07) is 0. The average Bonchev–Trinajstić information content (AvgIpc) is 2.47. The minimum absolute atomic E-state index is 0.747. The number of nitrogens with two attached hydrogens (primary N) is 1. The highest BCUT2D eigenvalue weighted by molar-refractivity contribution is 4.91. The molecular formula is C8H15N3. The maximum absolute atomic E-state index is 5.40. The first-order valence-corrected chi connectivity index (χ1v) is 4.08. The van der Waals surface area contributed by atoms with Gasteiger partial charge < -0.3 is 10.3 Å². The minimum atomic E-state index is 0.747. The maximum Gasteiger partial charge on any atom is 0.108 e. The Morgan fingerprint density at radius 2 is 2.45 bits per heavy atom. The second kappa shape index (κ2) is 4.13. The zero-order valence-electron chi connectivity index (χ0n) is 6.95. The van der Waals surface area contributed by atoms with Gasteiger partial charge in [0.25, 0.3) is 0 Å². The molecule has 1 aromatic heterocycles. The molecule has 0 unspecified atom stereocenters. The van der Waals surface area contributed by atoms with E-state index in [1.54, 1.807) is 0 Å². The van der Waals surface area contributed by atoms with Gasteiger partial charge in [-0.3, -0.25) is 0 Å². The number of imidazole rings is 1. The second-order valence-corrected chi connectivity index (χ2v) is 2.52. The van der Waals surface area contributed by atoms with Crippen molar-refractivity contribution in [1.82, 2.24) is 9.55 Å². The Hall–Kier alpha value is -0.830. The molecular weight excluding hydrogens is 138 g/mol. The van der Waals surface area contributed by atoms with Crippen molar-refractivity contribution in [2.45, 2.75) is 26.3 Å². The van der Waals surface area contributed by atoms with Gasteiger partial charge in [-0.15, -0.1) is 0 Å². The van der Waals surface area contributed by atoms with E-state index in [0.717, 1.165) is 31.8 Å². The van der Waals surface area contributed by atoms with Crippen LogP contribution in [0.1, 0.15) is 19.2 Å². The highest BCUT2D eigenvalue weighted by Crippen LogP contribution is 1.99. The Kier molecular flexibility index (Phi) is 3.11. The lowest BCUT2D eigenvalue weighted by Gasteiger charge is -2.02. The molecule has 0 atom stereocenters. The van der Waals surface area contributed by atoms with Gasteiger partial charge in [-0.05, 0) is 19.9 Å². The molecule has 0 fully saturated rings. The molecule has 11 heavy (non-hydrogen) atoms. The predicted molar refractivity (Wildman–Crippen MR) is 45.3 cm³/mol. The molecule has 0 bridgehead atoms. The molecule has 0 amide bonds. The third-order valence-corrected chi connectivity index (χ3v) is 1.75. The topological polar surface area (TPSA) is 43.8 Å². The van der Waals surface area contributed by atoms with Gasteiger partial charge in [0.1, 0.15) is 5.82 Å². The van der Waals surface area contributed by atoms with Crippen molar-refractivity contribution in [2.24, 2.45) is 5.73 Å². The molecule has 0 saturated carbocycles. The van der Waals surface area contributed by atoms with Gasteiger partial charge in [-0.1, -0.05) is 0 Å². The van der Waals surface area contributed by atoms with Gasteiger partial charge in [0.05, 0.1) is 0 Å². The predicted octanol–water partition coefficient (Wildman–Crippen LogP) is 0.794. The van der Waals surface area contributed by atoms with Crippen LogP contribution in [-0.4, -0.2) is 16.1 Å². The van der Waals surface area contributed by atoms with Gasteiger partial charge in [0, 0.05) is 25.4 Å². The molecule has 0 radical (unpaired) electrons. The molecule has 2 N–H and O–H groups in total. The van der Waals surface area contributed by atoms with Gasteiger partial charge in [0.2, 0.25) is 0 Å². The molecule has 0 aromatic carbocycles. The summed E-state index contributed by atoms with van der Waals surface area (Å²) in [6.45, 7) is 3.87. The minimum Gasteiger partial charge on any atom is -0.335 e. The molecule has 1 rings (SSSR count). The summed E-state index contributed by atoms with van der Waals surface area (Å²) in [7, 11) is 0. The van der Waals surface area contributed by atoms with Crippen LogP contribution in [0, 0.1) is 0 Å². The number of hydrogen-bond acceptors (Lipinski definition) is 2. The van der Waals surface area contributed by atoms with Gasteiger partial charge >= 0.3 is 0 Å². The number of hydrogen-bond donors (Lipinski definition) is 1. The van der Waals surface area contributed by atoms with Crippen LogP contribution in [0.2, 0.25) is 0 Å². The van der Waals surface area contributed by atoms with Crippen LogP contribution in [0.4, 0.5) is 0 Å². The summed E-state index contributed by atoms with van der Waals surface area (Å²) < 4.78 is 2.15. The molecule has 3 heteroatoms. The van der Waals surface area contributed by atoms with Crippen LogP contribution in [0.25, 0.3) is 0 Å². The molecule has 0 spiro atoms. The molecule has 0 saturated heterocycles. The van der Waals surface area contributed by atoms with E-state index in [-0.39, 0.29) is 0 Å². The van der Waals surface area contributed by atoms with Crippen LogP contribution >= 0.6 is 0 Å². The van der Waals surface area contributed by atoms with Crippen molar-refractivity contribution in [2.75, 3.05) is 6.54 Å². The van der Waals surface area contributed by atoms with Crippen molar-refractivity contribution < 1.29 is 0 Å². The highest BCUT2D eigenvalue weighted by atomic mass is 15.0. The van der Waals surface area contributed by atoms with Gasteiger partial charge in [-0.2, -0.15) is 0 Å². The van der Waals surface area contributed by atoms with Gasteiger partial charge in [-0.25, -0.2) is 4.98 Å². The van der Waals surface area contributed by atoms with Crippen molar-refractivity contribution in [3.8, 4) is 0 Å². The third-order valence-electron chi connectivity index (χ3n) is 1.75. The van der Waals surface area contributed by atoms with E-state index in [1.807, 2.05) is 12.4 Å². The Bertz CT molecular complexity index is 205.